The van der Waals surface area contributed by atoms with E-state index >= 15 is 0 Å². The Morgan fingerprint density at radius 3 is 2.46 bits per heavy atom. The van der Waals surface area contributed by atoms with Crippen LogP contribution in [0.15, 0.2) is 0 Å². The zero-order chi connectivity index (χ0) is 10.1. The summed E-state index contributed by atoms with van der Waals surface area (Å²) in [5.74, 6) is 1.63. The zero-order valence-corrected chi connectivity index (χ0v) is 9.64. The minimum absolute atomic E-state index is 0.432. The minimum Gasteiger partial charge on any atom is -0.327 e. The summed E-state index contributed by atoms with van der Waals surface area (Å²) in [6.07, 6.45) is 5.18. The lowest BCUT2D eigenvalue weighted by Gasteiger charge is -2.41. The molecule has 0 aromatic rings. The van der Waals surface area contributed by atoms with Gasteiger partial charge in [0, 0.05) is 6.04 Å². The van der Waals surface area contributed by atoms with Crippen LogP contribution in [0.25, 0.3) is 0 Å². The monoisotopic (exact) mass is 183 g/mol. The summed E-state index contributed by atoms with van der Waals surface area (Å²) < 4.78 is 0. The van der Waals surface area contributed by atoms with E-state index in [9.17, 15) is 0 Å². The Bertz CT molecular complexity index is 163. The van der Waals surface area contributed by atoms with Crippen molar-refractivity contribution in [2.45, 2.75) is 59.4 Å². The normalized spacial score (nSPS) is 35.8. The predicted octanol–water partition coefficient (Wildman–Crippen LogP) is 3.19. The van der Waals surface area contributed by atoms with Crippen molar-refractivity contribution in [3.05, 3.63) is 0 Å². The SMILES string of the molecule is CCC(N)C1CC(C)CC(C)(C)C1. The second kappa shape index (κ2) is 4.00. The van der Waals surface area contributed by atoms with Crippen molar-refractivity contribution in [3.63, 3.8) is 0 Å². The van der Waals surface area contributed by atoms with Gasteiger partial charge in [-0.1, -0.05) is 27.7 Å². The summed E-state index contributed by atoms with van der Waals surface area (Å²) in [5, 5.41) is 0. The minimum atomic E-state index is 0.432. The average molecular weight is 183 g/mol. The number of nitrogens with two attached hydrogens (primary N) is 1. The highest BCUT2D eigenvalue weighted by molar-refractivity contribution is 4.86. The van der Waals surface area contributed by atoms with Crippen LogP contribution >= 0.6 is 0 Å². The van der Waals surface area contributed by atoms with Crippen LogP contribution < -0.4 is 5.73 Å². The summed E-state index contributed by atoms with van der Waals surface area (Å²) in [6.45, 7) is 9.35. The second-order valence-electron chi connectivity index (χ2n) is 5.75. The van der Waals surface area contributed by atoms with Crippen molar-refractivity contribution < 1.29 is 0 Å². The molecule has 0 spiro atoms. The molecule has 1 saturated carbocycles. The molecule has 0 amide bonds. The highest BCUT2D eigenvalue weighted by Crippen LogP contribution is 2.42. The molecule has 0 aromatic heterocycles. The Kier molecular flexibility index (Phi) is 3.39. The van der Waals surface area contributed by atoms with E-state index in [0.717, 1.165) is 18.3 Å². The predicted molar refractivity (Wildman–Crippen MR) is 58.6 cm³/mol. The van der Waals surface area contributed by atoms with E-state index in [-0.39, 0.29) is 0 Å². The first-order chi connectivity index (χ1) is 5.94. The molecule has 1 aliphatic carbocycles. The van der Waals surface area contributed by atoms with E-state index in [0.29, 0.717) is 11.5 Å². The summed E-state index contributed by atoms with van der Waals surface area (Å²) in [5.41, 5.74) is 6.65. The molecule has 0 heterocycles. The standard InChI is InChI=1S/C12H25N/c1-5-11(13)10-6-9(2)7-12(3,4)8-10/h9-11H,5-8,13H2,1-4H3. The lowest BCUT2D eigenvalue weighted by molar-refractivity contribution is 0.115. The molecule has 3 unspecified atom stereocenters. The van der Waals surface area contributed by atoms with E-state index in [1.54, 1.807) is 0 Å². The highest BCUT2D eigenvalue weighted by atomic mass is 14.7. The molecule has 78 valence electrons. The molecule has 1 fully saturated rings. The molecule has 1 heteroatoms. The van der Waals surface area contributed by atoms with Gasteiger partial charge in [-0.05, 0) is 42.9 Å². The third kappa shape index (κ3) is 2.98. The number of hydrogen-bond acceptors (Lipinski definition) is 1. The molecule has 13 heavy (non-hydrogen) atoms. The second-order valence-corrected chi connectivity index (χ2v) is 5.75. The fraction of sp³-hybridized carbons (Fsp3) is 1.00. The van der Waals surface area contributed by atoms with Crippen LogP contribution in [0.5, 0.6) is 0 Å². The van der Waals surface area contributed by atoms with Crippen molar-refractivity contribution in [3.8, 4) is 0 Å². The summed E-state index contributed by atoms with van der Waals surface area (Å²) in [6, 6.07) is 0.432. The maximum absolute atomic E-state index is 6.13. The zero-order valence-electron chi connectivity index (χ0n) is 9.64. The fourth-order valence-corrected chi connectivity index (χ4v) is 3.08. The molecule has 0 aliphatic heterocycles. The van der Waals surface area contributed by atoms with Gasteiger partial charge in [-0.25, -0.2) is 0 Å². The van der Waals surface area contributed by atoms with Crippen molar-refractivity contribution in [1.82, 2.24) is 0 Å². The Hall–Kier alpha value is -0.0400. The number of rotatable bonds is 2. The highest BCUT2D eigenvalue weighted by Gasteiger charge is 2.33. The Balaban J connectivity index is 2.57. The van der Waals surface area contributed by atoms with Gasteiger partial charge in [0.2, 0.25) is 0 Å². The maximum atomic E-state index is 6.13. The van der Waals surface area contributed by atoms with Crippen molar-refractivity contribution in [2.75, 3.05) is 0 Å². The van der Waals surface area contributed by atoms with E-state index in [1.165, 1.54) is 19.3 Å². The van der Waals surface area contributed by atoms with Crippen LogP contribution in [-0.2, 0) is 0 Å². The molecule has 0 bridgehead atoms. The molecule has 0 aromatic carbocycles. The maximum Gasteiger partial charge on any atom is 0.00648 e. The van der Waals surface area contributed by atoms with Gasteiger partial charge in [-0.3, -0.25) is 0 Å². The third-order valence-corrected chi connectivity index (χ3v) is 3.50. The van der Waals surface area contributed by atoms with Gasteiger partial charge in [0.15, 0.2) is 0 Å². The van der Waals surface area contributed by atoms with Crippen molar-refractivity contribution in [1.29, 1.82) is 0 Å². The van der Waals surface area contributed by atoms with Crippen LogP contribution in [0.3, 0.4) is 0 Å². The molecule has 2 N–H and O–H groups in total. The first kappa shape index (κ1) is 11.0. The van der Waals surface area contributed by atoms with E-state index in [1.807, 2.05) is 0 Å². The largest absolute Gasteiger partial charge is 0.327 e. The Labute approximate surface area is 83.1 Å². The lowest BCUT2D eigenvalue weighted by atomic mass is 9.66. The first-order valence-electron chi connectivity index (χ1n) is 5.70. The van der Waals surface area contributed by atoms with Crippen LogP contribution in [-0.4, -0.2) is 6.04 Å². The van der Waals surface area contributed by atoms with Crippen LogP contribution in [0.4, 0.5) is 0 Å². The van der Waals surface area contributed by atoms with Gasteiger partial charge in [0.1, 0.15) is 0 Å². The van der Waals surface area contributed by atoms with Gasteiger partial charge >= 0.3 is 0 Å². The Morgan fingerprint density at radius 2 is 2.00 bits per heavy atom. The van der Waals surface area contributed by atoms with Crippen LogP contribution in [0.2, 0.25) is 0 Å². The Morgan fingerprint density at radius 1 is 1.38 bits per heavy atom. The van der Waals surface area contributed by atoms with E-state index in [4.69, 9.17) is 5.73 Å². The van der Waals surface area contributed by atoms with Gasteiger partial charge in [0.05, 0.1) is 0 Å². The van der Waals surface area contributed by atoms with E-state index < -0.39 is 0 Å². The van der Waals surface area contributed by atoms with Crippen LogP contribution in [0, 0.1) is 17.3 Å². The van der Waals surface area contributed by atoms with Gasteiger partial charge in [0.25, 0.3) is 0 Å². The first-order valence-corrected chi connectivity index (χ1v) is 5.70. The topological polar surface area (TPSA) is 26.0 Å². The summed E-state index contributed by atoms with van der Waals surface area (Å²) in [4.78, 5) is 0. The molecule has 3 atom stereocenters. The van der Waals surface area contributed by atoms with Gasteiger partial charge in [-0.2, -0.15) is 0 Å². The molecule has 0 radical (unpaired) electrons. The molecule has 1 aliphatic rings. The molecule has 0 saturated heterocycles. The average Bonchev–Trinajstić information content (AvgIpc) is 1.99. The molecular weight excluding hydrogens is 158 g/mol. The molecular formula is C12H25N. The smallest absolute Gasteiger partial charge is 0.00648 e. The summed E-state index contributed by atoms with van der Waals surface area (Å²) >= 11 is 0. The number of hydrogen-bond donors (Lipinski definition) is 1. The van der Waals surface area contributed by atoms with Crippen LogP contribution in [0.1, 0.15) is 53.4 Å². The summed E-state index contributed by atoms with van der Waals surface area (Å²) in [7, 11) is 0. The lowest BCUT2D eigenvalue weighted by Crippen LogP contribution is -2.38. The third-order valence-electron chi connectivity index (χ3n) is 3.50. The van der Waals surface area contributed by atoms with E-state index in [2.05, 4.69) is 27.7 Å². The fourth-order valence-electron chi connectivity index (χ4n) is 3.08. The van der Waals surface area contributed by atoms with Gasteiger partial charge < -0.3 is 5.73 Å². The van der Waals surface area contributed by atoms with Crippen molar-refractivity contribution in [2.24, 2.45) is 23.0 Å². The quantitative estimate of drug-likeness (QED) is 0.699. The molecule has 1 rings (SSSR count). The van der Waals surface area contributed by atoms with Crippen molar-refractivity contribution >= 4 is 0 Å². The van der Waals surface area contributed by atoms with Gasteiger partial charge in [-0.15, -0.1) is 0 Å². The molecule has 1 nitrogen and oxygen atoms in total.